The molecule has 30 heavy (non-hydrogen) atoms. The minimum atomic E-state index is -0.861. The van der Waals surface area contributed by atoms with Crippen LogP contribution in [-0.2, 0) is 9.59 Å². The van der Waals surface area contributed by atoms with E-state index in [1.54, 1.807) is 4.68 Å². The van der Waals surface area contributed by atoms with Crippen molar-refractivity contribution >= 4 is 23.5 Å². The molecule has 1 aromatic carbocycles. The van der Waals surface area contributed by atoms with Crippen molar-refractivity contribution in [2.24, 2.45) is 5.92 Å². The van der Waals surface area contributed by atoms with E-state index >= 15 is 0 Å². The molecule has 158 valence electrons. The Bertz CT molecular complexity index is 1000. The van der Waals surface area contributed by atoms with E-state index < -0.39 is 17.5 Å². The Morgan fingerprint density at radius 2 is 1.97 bits per heavy atom. The van der Waals surface area contributed by atoms with Crippen LogP contribution in [0.5, 0.6) is 0 Å². The zero-order valence-corrected chi connectivity index (χ0v) is 17.6. The van der Waals surface area contributed by atoms with Gasteiger partial charge in [0.1, 0.15) is 12.1 Å². The first kappa shape index (κ1) is 20.1. The lowest BCUT2D eigenvalue weighted by Crippen LogP contribution is -2.54. The summed E-state index contributed by atoms with van der Waals surface area (Å²) < 4.78 is 1.76. The molecule has 1 saturated carbocycles. The molecule has 2 aliphatic rings. The number of hydrogen-bond acceptors (Lipinski definition) is 4. The SMILES string of the molecule is Cc1nn(-c2ccccc2)c(C)c1NC(=O)CN1C(=O)N[C@]2(CCCC[C@H]2C)C1=O. The van der Waals surface area contributed by atoms with Gasteiger partial charge in [-0.2, -0.15) is 5.10 Å². The number of hydrogen-bond donors (Lipinski definition) is 2. The second-order valence-electron chi connectivity index (χ2n) is 8.28. The maximum absolute atomic E-state index is 13.1. The Hall–Kier alpha value is -3.16. The van der Waals surface area contributed by atoms with Gasteiger partial charge in [0.25, 0.3) is 5.91 Å². The fourth-order valence-corrected chi connectivity index (χ4v) is 4.61. The second kappa shape index (κ2) is 7.59. The number of anilines is 1. The molecule has 2 aromatic rings. The van der Waals surface area contributed by atoms with Crippen molar-refractivity contribution in [1.29, 1.82) is 0 Å². The summed E-state index contributed by atoms with van der Waals surface area (Å²) in [6.45, 7) is 5.36. The lowest BCUT2D eigenvalue weighted by Gasteiger charge is -2.36. The average Bonchev–Trinajstić information content (AvgIpc) is 3.14. The highest BCUT2D eigenvalue weighted by atomic mass is 16.2. The molecule has 1 aromatic heterocycles. The lowest BCUT2D eigenvalue weighted by atomic mass is 9.73. The largest absolute Gasteiger partial charge is 0.325 e. The summed E-state index contributed by atoms with van der Waals surface area (Å²) >= 11 is 0. The molecule has 8 heteroatoms. The summed E-state index contributed by atoms with van der Waals surface area (Å²) in [5, 5.41) is 10.2. The van der Waals surface area contributed by atoms with Gasteiger partial charge in [-0.25, -0.2) is 9.48 Å². The number of imide groups is 1. The topological polar surface area (TPSA) is 96.3 Å². The van der Waals surface area contributed by atoms with Gasteiger partial charge in [0.05, 0.1) is 22.8 Å². The zero-order valence-electron chi connectivity index (χ0n) is 17.6. The third-order valence-electron chi connectivity index (χ3n) is 6.36. The van der Waals surface area contributed by atoms with Crippen molar-refractivity contribution in [3.63, 3.8) is 0 Å². The highest BCUT2D eigenvalue weighted by Crippen LogP contribution is 2.38. The van der Waals surface area contributed by atoms with Crippen LogP contribution >= 0.6 is 0 Å². The third kappa shape index (κ3) is 3.26. The lowest BCUT2D eigenvalue weighted by molar-refractivity contribution is -0.136. The molecule has 4 amide bonds. The molecule has 1 saturated heterocycles. The molecule has 2 heterocycles. The van der Waals surface area contributed by atoms with E-state index in [0.29, 0.717) is 17.8 Å². The van der Waals surface area contributed by atoms with Gasteiger partial charge in [-0.3, -0.25) is 14.5 Å². The molecule has 0 unspecified atom stereocenters. The van der Waals surface area contributed by atoms with Crippen molar-refractivity contribution in [1.82, 2.24) is 20.0 Å². The van der Waals surface area contributed by atoms with E-state index in [2.05, 4.69) is 15.7 Å². The van der Waals surface area contributed by atoms with Crippen molar-refractivity contribution in [2.75, 3.05) is 11.9 Å². The first-order chi connectivity index (χ1) is 14.3. The molecule has 8 nitrogen and oxygen atoms in total. The van der Waals surface area contributed by atoms with Crippen molar-refractivity contribution in [3.05, 3.63) is 41.7 Å². The molecule has 2 atom stereocenters. The molecule has 4 rings (SSSR count). The minimum absolute atomic E-state index is 0.0596. The van der Waals surface area contributed by atoms with Crippen LogP contribution in [0.1, 0.15) is 44.0 Å². The molecule has 1 spiro atoms. The van der Waals surface area contributed by atoms with Crippen LogP contribution < -0.4 is 10.6 Å². The van der Waals surface area contributed by atoms with Gasteiger partial charge in [0.15, 0.2) is 0 Å². The highest BCUT2D eigenvalue weighted by Gasteiger charge is 2.55. The zero-order chi connectivity index (χ0) is 21.5. The van der Waals surface area contributed by atoms with E-state index in [1.165, 1.54) is 0 Å². The van der Waals surface area contributed by atoms with E-state index in [1.807, 2.05) is 51.1 Å². The van der Waals surface area contributed by atoms with Crippen molar-refractivity contribution in [2.45, 2.75) is 52.0 Å². The summed E-state index contributed by atoms with van der Waals surface area (Å²) in [6, 6.07) is 9.15. The molecule has 0 radical (unpaired) electrons. The number of para-hydroxylation sites is 1. The molecule has 0 bridgehead atoms. The Kier molecular flexibility index (Phi) is 5.09. The van der Waals surface area contributed by atoms with E-state index in [0.717, 1.165) is 35.5 Å². The van der Waals surface area contributed by atoms with Gasteiger partial charge in [-0.05, 0) is 44.7 Å². The predicted molar refractivity (Wildman–Crippen MR) is 112 cm³/mol. The van der Waals surface area contributed by atoms with E-state index in [4.69, 9.17) is 0 Å². The summed E-state index contributed by atoms with van der Waals surface area (Å²) in [5.74, 6) is -0.648. The average molecular weight is 409 g/mol. The third-order valence-corrected chi connectivity index (χ3v) is 6.36. The maximum Gasteiger partial charge on any atom is 0.325 e. The smallest absolute Gasteiger partial charge is 0.323 e. The van der Waals surface area contributed by atoms with Gasteiger partial charge in [0, 0.05) is 0 Å². The van der Waals surface area contributed by atoms with Crippen LogP contribution in [-0.4, -0.2) is 44.6 Å². The van der Waals surface area contributed by atoms with Crippen LogP contribution in [0.15, 0.2) is 30.3 Å². The fraction of sp³-hybridized carbons (Fsp3) is 0.455. The molecular formula is C22H27N5O3. The molecular weight excluding hydrogens is 382 g/mol. The quantitative estimate of drug-likeness (QED) is 0.759. The normalized spacial score (nSPS) is 23.7. The number of carbonyl (C=O) groups is 3. The molecule has 1 aliphatic carbocycles. The second-order valence-corrected chi connectivity index (χ2v) is 8.28. The van der Waals surface area contributed by atoms with Crippen LogP contribution in [0.3, 0.4) is 0 Å². The summed E-state index contributed by atoms with van der Waals surface area (Å²) in [7, 11) is 0. The monoisotopic (exact) mass is 409 g/mol. The van der Waals surface area contributed by atoms with E-state index in [-0.39, 0.29) is 18.4 Å². The summed E-state index contributed by atoms with van der Waals surface area (Å²) in [4.78, 5) is 39.4. The number of aromatic nitrogens is 2. The first-order valence-electron chi connectivity index (χ1n) is 10.4. The number of urea groups is 1. The summed E-state index contributed by atoms with van der Waals surface area (Å²) in [6.07, 6.45) is 3.46. The van der Waals surface area contributed by atoms with E-state index in [9.17, 15) is 14.4 Å². The summed E-state index contributed by atoms with van der Waals surface area (Å²) in [5.41, 5.74) is 2.07. The van der Waals surface area contributed by atoms with Crippen LogP contribution in [0.25, 0.3) is 5.69 Å². The predicted octanol–water partition coefficient (Wildman–Crippen LogP) is 2.93. The Labute approximate surface area is 175 Å². The number of aryl methyl sites for hydroxylation is 1. The fourth-order valence-electron chi connectivity index (χ4n) is 4.61. The molecule has 1 aliphatic heterocycles. The van der Waals surface area contributed by atoms with Gasteiger partial charge in [-0.15, -0.1) is 0 Å². The van der Waals surface area contributed by atoms with Crippen molar-refractivity contribution < 1.29 is 14.4 Å². The Morgan fingerprint density at radius 1 is 1.23 bits per heavy atom. The maximum atomic E-state index is 13.1. The first-order valence-corrected chi connectivity index (χ1v) is 10.4. The van der Waals surface area contributed by atoms with Crippen LogP contribution in [0.4, 0.5) is 10.5 Å². The van der Waals surface area contributed by atoms with Gasteiger partial charge in [0.2, 0.25) is 5.91 Å². The molecule has 2 fully saturated rings. The number of amides is 4. The van der Waals surface area contributed by atoms with Crippen LogP contribution in [0.2, 0.25) is 0 Å². The molecule has 2 N–H and O–H groups in total. The van der Waals surface area contributed by atoms with Gasteiger partial charge in [-0.1, -0.05) is 38.0 Å². The van der Waals surface area contributed by atoms with Crippen LogP contribution in [0, 0.1) is 19.8 Å². The number of nitrogens with one attached hydrogen (secondary N) is 2. The van der Waals surface area contributed by atoms with Gasteiger partial charge < -0.3 is 10.6 Å². The van der Waals surface area contributed by atoms with Crippen molar-refractivity contribution in [3.8, 4) is 5.69 Å². The number of carbonyl (C=O) groups excluding carboxylic acids is 3. The highest BCUT2D eigenvalue weighted by molar-refractivity contribution is 6.10. The number of rotatable bonds is 4. The number of benzene rings is 1. The van der Waals surface area contributed by atoms with Gasteiger partial charge >= 0.3 is 6.03 Å². The number of nitrogens with zero attached hydrogens (tertiary/aromatic N) is 3. The Balaban J connectivity index is 1.50. The minimum Gasteiger partial charge on any atom is -0.323 e. The Morgan fingerprint density at radius 3 is 2.67 bits per heavy atom. The standard InChI is InChI=1S/C22H27N5O3/c1-14-9-7-8-12-22(14)20(29)26(21(30)24-22)13-18(28)23-19-15(2)25-27(16(19)3)17-10-5-4-6-11-17/h4-6,10-11,14H,7-9,12-13H2,1-3H3,(H,23,28)(H,24,30)/t14-,22+/m1/s1.